The Morgan fingerprint density at radius 1 is 1.03 bits per heavy atom. The van der Waals surface area contributed by atoms with E-state index in [2.05, 4.69) is 27.5 Å². The molecule has 2 aromatic carbocycles. The number of hydrogen-bond acceptors (Lipinski definition) is 5. The quantitative estimate of drug-likeness (QED) is 0.305. The number of para-hydroxylation sites is 1. The van der Waals surface area contributed by atoms with E-state index in [4.69, 9.17) is 4.98 Å². The molecule has 39 heavy (non-hydrogen) atoms. The highest BCUT2D eigenvalue weighted by atomic mass is 16.3. The summed E-state index contributed by atoms with van der Waals surface area (Å²) in [6, 6.07) is 23.6. The van der Waals surface area contributed by atoms with Gasteiger partial charge in [-0.25, -0.2) is 4.98 Å². The first-order chi connectivity index (χ1) is 18.9. The number of carbonyl (C=O) groups excluding carboxylic acids is 1. The molecule has 3 aromatic heterocycles. The minimum Gasteiger partial charge on any atom is -0.392 e. The molecule has 5 aromatic rings. The number of aliphatic hydroxyl groups excluding tert-OH is 1. The van der Waals surface area contributed by atoms with Crippen LogP contribution in [-0.2, 0) is 25.4 Å². The minimum atomic E-state index is -0.540. The molecule has 7 nitrogen and oxygen atoms in total. The summed E-state index contributed by atoms with van der Waals surface area (Å²) in [6.45, 7) is 1.95. The zero-order valence-electron chi connectivity index (χ0n) is 22.1. The molecule has 0 radical (unpaired) electrons. The van der Waals surface area contributed by atoms with Gasteiger partial charge in [-0.05, 0) is 79.3 Å². The molecule has 1 saturated carbocycles. The maximum Gasteiger partial charge on any atom is 0.252 e. The zero-order chi connectivity index (χ0) is 27.0. The van der Waals surface area contributed by atoms with Gasteiger partial charge >= 0.3 is 0 Å². The van der Waals surface area contributed by atoms with E-state index in [1.807, 2.05) is 80.8 Å². The van der Waals surface area contributed by atoms with Gasteiger partial charge in [-0.2, -0.15) is 5.10 Å². The van der Waals surface area contributed by atoms with Crippen molar-refractivity contribution < 1.29 is 9.90 Å². The summed E-state index contributed by atoms with van der Waals surface area (Å²) in [7, 11) is 1.89. The molecule has 0 saturated heterocycles. The van der Waals surface area contributed by atoms with Gasteiger partial charge in [0.2, 0.25) is 0 Å². The van der Waals surface area contributed by atoms with E-state index in [1.54, 1.807) is 10.9 Å². The number of pyridine rings is 2. The summed E-state index contributed by atoms with van der Waals surface area (Å²) in [6.07, 6.45) is 5.83. The third-order valence-electron chi connectivity index (χ3n) is 7.49. The molecule has 1 atom stereocenters. The van der Waals surface area contributed by atoms with Crippen LogP contribution in [0, 0.1) is 6.92 Å². The molecule has 196 valence electrons. The smallest absolute Gasteiger partial charge is 0.252 e. The van der Waals surface area contributed by atoms with Crippen LogP contribution in [0.15, 0.2) is 85.2 Å². The molecule has 1 fully saturated rings. The van der Waals surface area contributed by atoms with E-state index in [9.17, 15) is 9.90 Å². The molecule has 3 heterocycles. The summed E-state index contributed by atoms with van der Waals surface area (Å²) >= 11 is 0. The van der Waals surface area contributed by atoms with Crippen LogP contribution in [0.1, 0.15) is 45.6 Å². The van der Waals surface area contributed by atoms with Gasteiger partial charge in [0.05, 0.1) is 22.9 Å². The van der Waals surface area contributed by atoms with Crippen molar-refractivity contribution in [2.45, 2.75) is 44.2 Å². The monoisotopic (exact) mass is 517 g/mol. The molecule has 0 aliphatic heterocycles. The van der Waals surface area contributed by atoms with Gasteiger partial charge < -0.3 is 10.4 Å². The highest BCUT2D eigenvalue weighted by Gasteiger charge is 2.47. The Kier molecular flexibility index (Phi) is 6.45. The van der Waals surface area contributed by atoms with Crippen LogP contribution in [0.5, 0.6) is 0 Å². The number of amides is 1. The van der Waals surface area contributed by atoms with Crippen molar-refractivity contribution in [2.75, 3.05) is 0 Å². The summed E-state index contributed by atoms with van der Waals surface area (Å²) in [5, 5.41) is 19.5. The molecule has 2 N–H and O–H groups in total. The Morgan fingerprint density at radius 3 is 2.56 bits per heavy atom. The predicted molar refractivity (Wildman–Crippen MR) is 151 cm³/mol. The molecule has 1 aliphatic rings. The summed E-state index contributed by atoms with van der Waals surface area (Å²) < 4.78 is 1.77. The lowest BCUT2D eigenvalue weighted by Gasteiger charge is -2.21. The topological polar surface area (TPSA) is 92.9 Å². The third kappa shape index (κ3) is 5.18. The molecule has 0 bridgehead atoms. The van der Waals surface area contributed by atoms with Crippen LogP contribution < -0.4 is 5.32 Å². The minimum absolute atomic E-state index is 0.0918. The first-order valence-electron chi connectivity index (χ1n) is 13.3. The van der Waals surface area contributed by atoms with Gasteiger partial charge in [-0.1, -0.05) is 36.4 Å². The highest BCUT2D eigenvalue weighted by molar-refractivity contribution is 5.97. The van der Waals surface area contributed by atoms with Crippen molar-refractivity contribution in [2.24, 2.45) is 7.05 Å². The number of rotatable bonds is 8. The van der Waals surface area contributed by atoms with Gasteiger partial charge in [0, 0.05) is 42.5 Å². The Labute approximate surface area is 227 Å². The maximum absolute atomic E-state index is 13.6. The van der Waals surface area contributed by atoms with E-state index in [0.717, 1.165) is 57.5 Å². The fraction of sp³-hybridized carbons (Fsp3) is 0.250. The van der Waals surface area contributed by atoms with Crippen LogP contribution >= 0.6 is 0 Å². The second-order valence-corrected chi connectivity index (χ2v) is 10.5. The first-order valence-corrected chi connectivity index (χ1v) is 13.3. The molecule has 0 spiro atoms. The maximum atomic E-state index is 13.6. The lowest BCUT2D eigenvalue weighted by atomic mass is 9.96. The average Bonchev–Trinajstić information content (AvgIpc) is 3.57. The van der Waals surface area contributed by atoms with Crippen LogP contribution in [0.25, 0.3) is 22.3 Å². The molecular formula is C32H31N5O2. The molecular weight excluding hydrogens is 486 g/mol. The van der Waals surface area contributed by atoms with Crippen molar-refractivity contribution in [1.29, 1.82) is 0 Å². The number of carbonyl (C=O) groups is 1. The molecule has 1 unspecified atom stereocenters. The Morgan fingerprint density at radius 2 is 1.85 bits per heavy atom. The average molecular weight is 518 g/mol. The summed E-state index contributed by atoms with van der Waals surface area (Å²) in [5.74, 6) is -0.0918. The highest BCUT2D eigenvalue weighted by Crippen LogP contribution is 2.48. The SMILES string of the molecule is Cc1cc(CC(O)Cc2ccccn2)ccc1C(=O)NC1(c2cc(-c3ccn(C)n3)nc3ccccc23)CC1. The molecule has 1 amide bonds. The van der Waals surface area contributed by atoms with Crippen molar-refractivity contribution in [3.8, 4) is 11.4 Å². The van der Waals surface area contributed by atoms with Gasteiger partial charge in [-0.3, -0.25) is 14.5 Å². The lowest BCUT2D eigenvalue weighted by Crippen LogP contribution is -2.35. The normalized spacial score (nSPS) is 14.7. The first kappa shape index (κ1) is 24.9. The van der Waals surface area contributed by atoms with Crippen LogP contribution in [-0.4, -0.2) is 36.9 Å². The number of aryl methyl sites for hydroxylation is 2. The second kappa shape index (κ2) is 10.1. The Bertz CT molecular complexity index is 1660. The van der Waals surface area contributed by atoms with E-state index in [-0.39, 0.29) is 5.91 Å². The number of nitrogens with zero attached hydrogens (tertiary/aromatic N) is 4. The Balaban J connectivity index is 1.23. The molecule has 6 rings (SSSR count). The summed E-state index contributed by atoms with van der Waals surface area (Å²) in [5.41, 5.74) is 6.53. The van der Waals surface area contributed by atoms with Crippen LogP contribution in [0.2, 0.25) is 0 Å². The van der Waals surface area contributed by atoms with Crippen molar-refractivity contribution in [3.05, 3.63) is 113 Å². The number of aromatic nitrogens is 4. The van der Waals surface area contributed by atoms with Gasteiger partial charge in [0.25, 0.3) is 5.91 Å². The van der Waals surface area contributed by atoms with Crippen LogP contribution in [0.3, 0.4) is 0 Å². The van der Waals surface area contributed by atoms with Gasteiger partial charge in [-0.15, -0.1) is 0 Å². The van der Waals surface area contributed by atoms with E-state index in [0.29, 0.717) is 18.4 Å². The van der Waals surface area contributed by atoms with Crippen molar-refractivity contribution in [1.82, 2.24) is 25.1 Å². The number of hydrogen-bond donors (Lipinski definition) is 2. The fourth-order valence-electron chi connectivity index (χ4n) is 5.34. The zero-order valence-corrected chi connectivity index (χ0v) is 22.1. The predicted octanol–water partition coefficient (Wildman–Crippen LogP) is 4.90. The number of aliphatic hydroxyl groups is 1. The lowest BCUT2D eigenvalue weighted by molar-refractivity contribution is 0.0930. The van der Waals surface area contributed by atoms with Crippen LogP contribution in [0.4, 0.5) is 0 Å². The Hall–Kier alpha value is -4.36. The fourth-order valence-corrected chi connectivity index (χ4v) is 5.34. The molecule has 7 heteroatoms. The number of fused-ring (bicyclic) bond motifs is 1. The van der Waals surface area contributed by atoms with Gasteiger partial charge in [0.1, 0.15) is 5.69 Å². The summed E-state index contributed by atoms with van der Waals surface area (Å²) in [4.78, 5) is 22.7. The third-order valence-corrected chi connectivity index (χ3v) is 7.49. The standard InChI is InChI=1S/C32H31N5O2/c1-21-17-22(18-24(38)19-23-7-5-6-15-33-23)10-11-25(21)31(39)35-32(13-14-32)27-20-30(29-12-16-37(2)36-29)34-28-9-4-3-8-26(27)28/h3-12,15-17,20,24,38H,13-14,18-19H2,1-2H3,(H,35,39). The molecule has 1 aliphatic carbocycles. The van der Waals surface area contributed by atoms with Crippen molar-refractivity contribution in [3.63, 3.8) is 0 Å². The number of nitrogens with one attached hydrogen (secondary N) is 1. The second-order valence-electron chi connectivity index (χ2n) is 10.5. The van der Waals surface area contributed by atoms with Gasteiger partial charge in [0.15, 0.2) is 0 Å². The van der Waals surface area contributed by atoms with E-state index >= 15 is 0 Å². The van der Waals surface area contributed by atoms with Crippen molar-refractivity contribution >= 4 is 16.8 Å². The van der Waals surface area contributed by atoms with E-state index < -0.39 is 11.6 Å². The number of benzene rings is 2. The largest absolute Gasteiger partial charge is 0.392 e. The van der Waals surface area contributed by atoms with E-state index in [1.165, 1.54) is 0 Å².